The van der Waals surface area contributed by atoms with Gasteiger partial charge in [0, 0.05) is 0 Å². The lowest BCUT2D eigenvalue weighted by Gasteiger charge is -2.21. The molecule has 0 amide bonds. The fourth-order valence-electron chi connectivity index (χ4n) is 2.33. The smallest absolute Gasteiger partial charge is 0.293 e. The van der Waals surface area contributed by atoms with Gasteiger partial charge in [-0.25, -0.2) is 0 Å². The highest BCUT2D eigenvalue weighted by Crippen LogP contribution is 2.27. The van der Waals surface area contributed by atoms with Gasteiger partial charge >= 0.3 is 0 Å². The third-order valence-corrected chi connectivity index (χ3v) is 3.24. The molecule has 1 aliphatic carbocycles. The predicted octanol–water partition coefficient (Wildman–Crippen LogP) is 3.30. The zero-order valence-corrected chi connectivity index (χ0v) is 9.21. The van der Waals surface area contributed by atoms with Gasteiger partial charge in [0.2, 0.25) is 0 Å². The lowest BCUT2D eigenvalue weighted by Crippen LogP contribution is -2.10. The summed E-state index contributed by atoms with van der Waals surface area (Å²) in [5, 5.41) is 0. The number of carbonyl (C=O) groups is 1. The second kappa shape index (κ2) is 6.86. The molecule has 2 nitrogen and oxygen atoms in total. The van der Waals surface area contributed by atoms with Gasteiger partial charge in [0.25, 0.3) is 6.47 Å². The van der Waals surface area contributed by atoms with E-state index in [4.69, 9.17) is 4.74 Å². The summed E-state index contributed by atoms with van der Waals surface area (Å²) in [4.78, 5) is 10.1. The molecule has 14 heavy (non-hydrogen) atoms. The molecule has 1 aliphatic rings. The van der Waals surface area contributed by atoms with Crippen molar-refractivity contribution in [1.82, 2.24) is 0 Å². The van der Waals surface area contributed by atoms with E-state index in [0.717, 1.165) is 12.3 Å². The molecule has 0 aliphatic heterocycles. The minimum absolute atomic E-state index is 0.107. The topological polar surface area (TPSA) is 26.3 Å². The Morgan fingerprint density at radius 3 is 2.71 bits per heavy atom. The van der Waals surface area contributed by atoms with Gasteiger partial charge in [-0.15, -0.1) is 0 Å². The fourth-order valence-corrected chi connectivity index (χ4v) is 2.33. The Bertz CT molecular complexity index is 150. The Kier molecular flexibility index (Phi) is 5.65. The summed E-state index contributed by atoms with van der Waals surface area (Å²) in [6, 6.07) is 0. The normalized spacial score (nSPS) is 20.4. The van der Waals surface area contributed by atoms with Crippen LogP contribution in [-0.2, 0) is 9.53 Å². The van der Waals surface area contributed by atoms with Gasteiger partial charge in [0.15, 0.2) is 0 Å². The molecule has 1 saturated carbocycles. The molecule has 1 atom stereocenters. The van der Waals surface area contributed by atoms with Gasteiger partial charge in [-0.2, -0.15) is 0 Å². The molecule has 1 unspecified atom stereocenters. The molecule has 0 spiro atoms. The van der Waals surface area contributed by atoms with Crippen LogP contribution in [0, 0.1) is 5.92 Å². The molecule has 1 rings (SSSR count). The Morgan fingerprint density at radius 1 is 1.36 bits per heavy atom. The Balaban J connectivity index is 1.99. The highest BCUT2D eigenvalue weighted by Gasteiger charge is 2.13. The van der Waals surface area contributed by atoms with Crippen LogP contribution in [0.25, 0.3) is 0 Å². The summed E-state index contributed by atoms with van der Waals surface area (Å²) >= 11 is 0. The molecule has 82 valence electrons. The van der Waals surface area contributed by atoms with E-state index in [-0.39, 0.29) is 6.10 Å². The van der Waals surface area contributed by atoms with Gasteiger partial charge in [-0.3, -0.25) is 4.79 Å². The first-order valence-electron chi connectivity index (χ1n) is 5.92. The van der Waals surface area contributed by atoms with E-state index in [1.54, 1.807) is 0 Å². The van der Waals surface area contributed by atoms with Crippen LogP contribution in [0.1, 0.15) is 58.3 Å². The van der Waals surface area contributed by atoms with Crippen LogP contribution >= 0.6 is 0 Å². The van der Waals surface area contributed by atoms with Crippen LogP contribution in [0.3, 0.4) is 0 Å². The number of hydrogen-bond acceptors (Lipinski definition) is 2. The first-order chi connectivity index (χ1) is 6.83. The molecule has 2 heteroatoms. The van der Waals surface area contributed by atoms with E-state index in [1.165, 1.54) is 44.9 Å². The Labute approximate surface area is 87.0 Å². The maximum Gasteiger partial charge on any atom is 0.293 e. The zero-order valence-electron chi connectivity index (χ0n) is 9.21. The van der Waals surface area contributed by atoms with E-state index >= 15 is 0 Å². The molecule has 1 fully saturated rings. The zero-order chi connectivity index (χ0) is 10.2. The molecule has 0 bridgehead atoms. The summed E-state index contributed by atoms with van der Waals surface area (Å²) in [6.07, 6.45) is 10.8. The van der Waals surface area contributed by atoms with Crippen LogP contribution in [0.15, 0.2) is 0 Å². The molecule has 0 aromatic rings. The van der Waals surface area contributed by atoms with Crippen LogP contribution in [0.2, 0.25) is 0 Å². The second-order valence-electron chi connectivity index (χ2n) is 4.48. The summed E-state index contributed by atoms with van der Waals surface area (Å²) in [5.74, 6) is 0.951. The summed E-state index contributed by atoms with van der Waals surface area (Å²) in [5.41, 5.74) is 0. The number of rotatable bonds is 6. The third-order valence-electron chi connectivity index (χ3n) is 3.24. The van der Waals surface area contributed by atoms with Crippen molar-refractivity contribution in [3.63, 3.8) is 0 Å². The monoisotopic (exact) mass is 198 g/mol. The van der Waals surface area contributed by atoms with Crippen molar-refractivity contribution in [2.45, 2.75) is 64.4 Å². The fraction of sp³-hybridized carbons (Fsp3) is 0.917. The SMILES string of the molecule is CC(CCCC1CCCCC1)OC=O. The molecule has 0 aromatic heterocycles. The predicted molar refractivity (Wildman–Crippen MR) is 57.0 cm³/mol. The van der Waals surface area contributed by atoms with E-state index in [9.17, 15) is 4.79 Å². The van der Waals surface area contributed by atoms with Gasteiger partial charge < -0.3 is 4.74 Å². The first-order valence-corrected chi connectivity index (χ1v) is 5.92. The quantitative estimate of drug-likeness (QED) is 0.612. The molecular weight excluding hydrogens is 176 g/mol. The van der Waals surface area contributed by atoms with Crippen LogP contribution in [0.5, 0.6) is 0 Å². The summed E-state index contributed by atoms with van der Waals surface area (Å²) < 4.78 is 4.85. The molecule has 0 N–H and O–H groups in total. The standard InChI is InChI=1S/C12H22O2/c1-11(14-10-13)6-5-9-12-7-3-2-4-8-12/h10-12H,2-9H2,1H3. The van der Waals surface area contributed by atoms with Gasteiger partial charge in [0.1, 0.15) is 0 Å². The lowest BCUT2D eigenvalue weighted by molar-refractivity contribution is -0.133. The van der Waals surface area contributed by atoms with Gasteiger partial charge in [-0.1, -0.05) is 38.5 Å². The van der Waals surface area contributed by atoms with Crippen molar-refractivity contribution >= 4 is 6.47 Å². The number of hydrogen-bond donors (Lipinski definition) is 0. The van der Waals surface area contributed by atoms with Gasteiger partial charge in [-0.05, 0) is 25.7 Å². The second-order valence-corrected chi connectivity index (χ2v) is 4.48. The third kappa shape index (κ3) is 4.64. The van der Waals surface area contributed by atoms with Gasteiger partial charge in [0.05, 0.1) is 6.10 Å². The van der Waals surface area contributed by atoms with Crippen LogP contribution < -0.4 is 0 Å². The van der Waals surface area contributed by atoms with Crippen molar-refractivity contribution in [3.05, 3.63) is 0 Å². The Morgan fingerprint density at radius 2 is 2.07 bits per heavy atom. The van der Waals surface area contributed by atoms with E-state index in [2.05, 4.69) is 0 Å². The maximum atomic E-state index is 10.1. The Hall–Kier alpha value is -0.530. The molecule has 0 heterocycles. The number of carbonyl (C=O) groups excluding carboxylic acids is 1. The number of ether oxygens (including phenoxy) is 1. The molecule has 0 aromatic carbocycles. The lowest BCUT2D eigenvalue weighted by atomic mass is 9.85. The average Bonchev–Trinajstić information content (AvgIpc) is 2.20. The van der Waals surface area contributed by atoms with Crippen molar-refractivity contribution < 1.29 is 9.53 Å². The van der Waals surface area contributed by atoms with Crippen molar-refractivity contribution in [2.75, 3.05) is 0 Å². The minimum Gasteiger partial charge on any atom is -0.465 e. The highest BCUT2D eigenvalue weighted by atomic mass is 16.5. The summed E-state index contributed by atoms with van der Waals surface area (Å²) in [7, 11) is 0. The molecular formula is C12H22O2. The largest absolute Gasteiger partial charge is 0.465 e. The summed E-state index contributed by atoms with van der Waals surface area (Å²) in [6.45, 7) is 2.53. The van der Waals surface area contributed by atoms with Crippen LogP contribution in [-0.4, -0.2) is 12.6 Å². The van der Waals surface area contributed by atoms with E-state index in [1.807, 2.05) is 6.92 Å². The van der Waals surface area contributed by atoms with Crippen molar-refractivity contribution in [1.29, 1.82) is 0 Å². The highest BCUT2D eigenvalue weighted by molar-refractivity contribution is 5.37. The average molecular weight is 198 g/mol. The van der Waals surface area contributed by atoms with Crippen LogP contribution in [0.4, 0.5) is 0 Å². The van der Waals surface area contributed by atoms with E-state index < -0.39 is 0 Å². The maximum absolute atomic E-state index is 10.1. The van der Waals surface area contributed by atoms with E-state index in [0.29, 0.717) is 6.47 Å². The molecule has 0 radical (unpaired) electrons. The van der Waals surface area contributed by atoms with Crippen molar-refractivity contribution in [3.8, 4) is 0 Å². The first kappa shape index (κ1) is 11.5. The van der Waals surface area contributed by atoms with Crippen molar-refractivity contribution in [2.24, 2.45) is 5.92 Å². The minimum atomic E-state index is 0.107. The molecule has 0 saturated heterocycles.